The molecule has 2 atom stereocenters. The second-order valence-electron chi connectivity index (χ2n) is 11.3. The third-order valence-electron chi connectivity index (χ3n) is 5.99. The molecule has 3 amide bonds. The van der Waals surface area contributed by atoms with Gasteiger partial charge in [0, 0.05) is 5.54 Å². The molecule has 0 spiro atoms. The fourth-order valence-electron chi connectivity index (χ4n) is 3.75. The summed E-state index contributed by atoms with van der Waals surface area (Å²) in [6.45, 7) is 16.4. The van der Waals surface area contributed by atoms with Crippen molar-refractivity contribution >= 4 is 23.9 Å². The van der Waals surface area contributed by atoms with Crippen LogP contribution in [0.4, 0.5) is 4.79 Å². The van der Waals surface area contributed by atoms with Crippen molar-refractivity contribution in [3.8, 4) is 0 Å². The molecule has 2 N–H and O–H groups in total. The summed E-state index contributed by atoms with van der Waals surface area (Å²) in [4.78, 5) is 53.8. The SMILES string of the molecule is CCC(C)(C)N(C(=O)C(CC(C)C)NC(=O)OC(C)(C)C)C(C(=O)NCC(=O)OC)c1ccc(C)cc1. The van der Waals surface area contributed by atoms with Gasteiger partial charge in [-0.25, -0.2) is 4.79 Å². The largest absolute Gasteiger partial charge is 0.468 e. The summed E-state index contributed by atoms with van der Waals surface area (Å²) < 4.78 is 10.1. The van der Waals surface area contributed by atoms with Gasteiger partial charge in [0.25, 0.3) is 0 Å². The van der Waals surface area contributed by atoms with Gasteiger partial charge < -0.3 is 25.0 Å². The molecule has 0 heterocycles. The summed E-state index contributed by atoms with van der Waals surface area (Å²) in [6, 6.07) is 5.33. The molecule has 9 heteroatoms. The van der Waals surface area contributed by atoms with Gasteiger partial charge in [-0.1, -0.05) is 50.6 Å². The Kier molecular flexibility index (Phi) is 11.6. The van der Waals surface area contributed by atoms with E-state index in [9.17, 15) is 19.2 Å². The number of rotatable bonds is 11. The number of methoxy groups -OCH3 is 1. The van der Waals surface area contributed by atoms with E-state index in [1.165, 1.54) is 12.0 Å². The Morgan fingerprint density at radius 3 is 2.03 bits per heavy atom. The Morgan fingerprint density at radius 2 is 1.57 bits per heavy atom. The van der Waals surface area contributed by atoms with Gasteiger partial charge in [0.15, 0.2) is 0 Å². The maximum Gasteiger partial charge on any atom is 0.408 e. The lowest BCUT2D eigenvalue weighted by Crippen LogP contribution is -2.59. The first-order valence-electron chi connectivity index (χ1n) is 12.8. The minimum atomic E-state index is -1.05. The zero-order valence-electron chi connectivity index (χ0n) is 24.1. The first-order valence-corrected chi connectivity index (χ1v) is 12.8. The van der Waals surface area contributed by atoms with Crippen molar-refractivity contribution in [1.29, 1.82) is 0 Å². The molecule has 0 saturated heterocycles. The van der Waals surface area contributed by atoms with Crippen LogP contribution in [0.15, 0.2) is 24.3 Å². The summed E-state index contributed by atoms with van der Waals surface area (Å²) in [5, 5.41) is 5.35. The molecule has 0 aliphatic carbocycles. The van der Waals surface area contributed by atoms with Gasteiger partial charge in [-0.15, -0.1) is 0 Å². The minimum Gasteiger partial charge on any atom is -0.468 e. The van der Waals surface area contributed by atoms with Gasteiger partial charge in [-0.05, 0) is 65.9 Å². The quantitative estimate of drug-likeness (QED) is 0.422. The van der Waals surface area contributed by atoms with E-state index in [2.05, 4.69) is 15.4 Å². The van der Waals surface area contributed by atoms with Crippen LogP contribution in [0.2, 0.25) is 0 Å². The molecule has 208 valence electrons. The highest BCUT2D eigenvalue weighted by Crippen LogP contribution is 2.33. The smallest absolute Gasteiger partial charge is 0.408 e. The van der Waals surface area contributed by atoms with Crippen molar-refractivity contribution in [3.63, 3.8) is 0 Å². The third-order valence-corrected chi connectivity index (χ3v) is 5.99. The Bertz CT molecular complexity index is 934. The topological polar surface area (TPSA) is 114 Å². The van der Waals surface area contributed by atoms with E-state index in [0.717, 1.165) is 5.56 Å². The Balaban J connectivity index is 3.61. The zero-order chi connectivity index (χ0) is 28.6. The minimum absolute atomic E-state index is 0.0708. The molecule has 1 aromatic carbocycles. The van der Waals surface area contributed by atoms with Gasteiger partial charge in [0.2, 0.25) is 11.8 Å². The van der Waals surface area contributed by atoms with Crippen LogP contribution >= 0.6 is 0 Å². The molecular formula is C28H45N3O6. The van der Waals surface area contributed by atoms with Crippen molar-refractivity contribution in [2.45, 2.75) is 98.4 Å². The van der Waals surface area contributed by atoms with E-state index in [4.69, 9.17) is 4.74 Å². The number of esters is 1. The Hall–Kier alpha value is -3.10. The van der Waals surface area contributed by atoms with E-state index < -0.39 is 47.1 Å². The van der Waals surface area contributed by atoms with Crippen molar-refractivity contribution in [1.82, 2.24) is 15.5 Å². The molecular weight excluding hydrogens is 474 g/mol. The number of amides is 3. The molecule has 0 aliphatic rings. The molecule has 1 rings (SSSR count). The van der Waals surface area contributed by atoms with Crippen LogP contribution in [-0.2, 0) is 23.9 Å². The monoisotopic (exact) mass is 519 g/mol. The van der Waals surface area contributed by atoms with Crippen LogP contribution in [0.5, 0.6) is 0 Å². The first kappa shape index (κ1) is 31.9. The van der Waals surface area contributed by atoms with E-state index in [1.54, 1.807) is 32.9 Å². The average Bonchev–Trinajstić information content (AvgIpc) is 2.78. The number of carbonyl (C=O) groups is 4. The van der Waals surface area contributed by atoms with Gasteiger partial charge in [-0.2, -0.15) is 0 Å². The molecule has 37 heavy (non-hydrogen) atoms. The van der Waals surface area contributed by atoms with E-state index in [0.29, 0.717) is 18.4 Å². The van der Waals surface area contributed by atoms with Gasteiger partial charge in [-0.3, -0.25) is 14.4 Å². The summed E-state index contributed by atoms with van der Waals surface area (Å²) in [5.74, 6) is -1.47. The number of hydrogen-bond donors (Lipinski definition) is 2. The number of nitrogens with zero attached hydrogens (tertiary/aromatic N) is 1. The number of ether oxygens (including phenoxy) is 2. The molecule has 0 fully saturated rings. The molecule has 9 nitrogen and oxygen atoms in total. The molecule has 1 aromatic rings. The Labute approximate surface area is 221 Å². The normalized spacial score (nSPS) is 13.4. The summed E-state index contributed by atoms with van der Waals surface area (Å²) in [7, 11) is 1.24. The summed E-state index contributed by atoms with van der Waals surface area (Å²) >= 11 is 0. The zero-order valence-corrected chi connectivity index (χ0v) is 24.1. The third kappa shape index (κ3) is 10.1. The van der Waals surface area contributed by atoms with Crippen molar-refractivity contribution < 1.29 is 28.7 Å². The fraction of sp³-hybridized carbons (Fsp3) is 0.643. The highest BCUT2D eigenvalue weighted by atomic mass is 16.6. The van der Waals surface area contributed by atoms with E-state index in [-0.39, 0.29) is 12.5 Å². The highest BCUT2D eigenvalue weighted by molar-refractivity contribution is 5.93. The maximum absolute atomic E-state index is 14.3. The van der Waals surface area contributed by atoms with Gasteiger partial charge >= 0.3 is 12.1 Å². The molecule has 0 aliphatic heterocycles. The lowest BCUT2D eigenvalue weighted by molar-refractivity contribution is -0.150. The van der Waals surface area contributed by atoms with Crippen molar-refractivity contribution in [2.75, 3.05) is 13.7 Å². The molecule has 0 aromatic heterocycles. The maximum atomic E-state index is 14.3. The van der Waals surface area contributed by atoms with Crippen LogP contribution < -0.4 is 10.6 Å². The number of nitrogens with one attached hydrogen (secondary N) is 2. The first-order chi connectivity index (χ1) is 17.0. The number of aryl methyl sites for hydroxylation is 1. The second kappa shape index (κ2) is 13.4. The fourth-order valence-corrected chi connectivity index (χ4v) is 3.75. The lowest BCUT2D eigenvalue weighted by Gasteiger charge is -2.44. The second-order valence-corrected chi connectivity index (χ2v) is 11.3. The standard InChI is InChI=1S/C28H45N3O6/c1-11-28(8,9)31(25(34)21(16-18(2)3)30-26(35)37-27(5,6)7)23(20-14-12-19(4)13-15-20)24(33)29-17-22(32)36-10/h12-15,18,21,23H,11,16-17H2,1-10H3,(H,29,33)(H,30,35). The van der Waals surface area contributed by atoms with Gasteiger partial charge in [0.1, 0.15) is 24.2 Å². The average molecular weight is 520 g/mol. The Morgan fingerprint density at radius 1 is 1.00 bits per heavy atom. The summed E-state index contributed by atoms with van der Waals surface area (Å²) in [6.07, 6.45) is 0.174. The van der Waals surface area contributed by atoms with E-state index >= 15 is 0 Å². The van der Waals surface area contributed by atoms with E-state index in [1.807, 2.05) is 53.7 Å². The highest BCUT2D eigenvalue weighted by Gasteiger charge is 2.43. The van der Waals surface area contributed by atoms with Crippen LogP contribution in [0.3, 0.4) is 0 Å². The van der Waals surface area contributed by atoms with Crippen molar-refractivity contribution in [3.05, 3.63) is 35.4 Å². The van der Waals surface area contributed by atoms with Crippen molar-refractivity contribution in [2.24, 2.45) is 5.92 Å². The predicted molar refractivity (Wildman–Crippen MR) is 143 cm³/mol. The van der Waals surface area contributed by atoms with Gasteiger partial charge in [0.05, 0.1) is 7.11 Å². The molecule has 0 radical (unpaired) electrons. The van der Waals surface area contributed by atoms with Crippen LogP contribution in [-0.4, -0.2) is 59.6 Å². The molecule has 2 unspecified atom stereocenters. The summed E-state index contributed by atoms with van der Waals surface area (Å²) in [5.41, 5.74) is 0.0636. The lowest BCUT2D eigenvalue weighted by atomic mass is 9.90. The number of carbonyl (C=O) groups excluding carboxylic acids is 4. The van der Waals surface area contributed by atoms with Crippen LogP contribution in [0.25, 0.3) is 0 Å². The molecule has 0 bridgehead atoms. The molecule has 0 saturated carbocycles. The number of hydrogen-bond acceptors (Lipinski definition) is 6. The van der Waals surface area contributed by atoms with Crippen LogP contribution in [0.1, 0.15) is 85.4 Å². The number of benzene rings is 1. The van der Waals surface area contributed by atoms with Crippen LogP contribution in [0, 0.1) is 12.8 Å². The number of alkyl carbamates (subject to hydrolysis) is 1. The predicted octanol–water partition coefficient (Wildman–Crippen LogP) is 4.28.